The Balaban J connectivity index is 4.00. The van der Waals surface area contributed by atoms with Crippen LogP contribution in [-0.4, -0.2) is 35.5 Å². The standard InChI is InChI=1S/C13H25N3O4/c1-2-3-9(4-5-12(18)19)6-7-16-13(20)10(14)8-11(15)17/h9-10H,2-8,14H2,1H3,(H2,15,17)(H,16,20)(H,18,19). The van der Waals surface area contributed by atoms with Gasteiger partial charge in [0.25, 0.3) is 0 Å². The van der Waals surface area contributed by atoms with Crippen molar-refractivity contribution >= 4 is 17.8 Å². The van der Waals surface area contributed by atoms with Crippen LogP contribution in [0.25, 0.3) is 0 Å². The molecule has 0 saturated carbocycles. The van der Waals surface area contributed by atoms with E-state index < -0.39 is 23.8 Å². The number of carbonyl (C=O) groups is 3. The zero-order valence-electron chi connectivity index (χ0n) is 11.9. The summed E-state index contributed by atoms with van der Waals surface area (Å²) in [4.78, 5) is 32.7. The third-order valence-electron chi connectivity index (χ3n) is 3.07. The maximum atomic E-state index is 11.5. The lowest BCUT2D eigenvalue weighted by Crippen LogP contribution is -2.43. The summed E-state index contributed by atoms with van der Waals surface area (Å²) in [6, 6.07) is -0.920. The molecule has 7 heteroatoms. The summed E-state index contributed by atoms with van der Waals surface area (Å²) in [5.41, 5.74) is 10.5. The number of aliphatic carboxylic acids is 1. The van der Waals surface area contributed by atoms with Gasteiger partial charge < -0.3 is 21.9 Å². The highest BCUT2D eigenvalue weighted by Crippen LogP contribution is 2.17. The molecule has 0 heterocycles. The molecule has 0 bridgehead atoms. The average molecular weight is 287 g/mol. The Labute approximate surface area is 119 Å². The van der Waals surface area contributed by atoms with Gasteiger partial charge in [0.2, 0.25) is 11.8 Å². The molecule has 0 aliphatic carbocycles. The highest BCUT2D eigenvalue weighted by atomic mass is 16.4. The van der Waals surface area contributed by atoms with E-state index in [1.807, 2.05) is 6.92 Å². The van der Waals surface area contributed by atoms with Crippen molar-refractivity contribution in [2.75, 3.05) is 6.54 Å². The van der Waals surface area contributed by atoms with Gasteiger partial charge in [-0.05, 0) is 18.8 Å². The van der Waals surface area contributed by atoms with Crippen molar-refractivity contribution in [3.63, 3.8) is 0 Å². The first-order chi connectivity index (χ1) is 9.36. The van der Waals surface area contributed by atoms with Gasteiger partial charge in [0.15, 0.2) is 0 Å². The summed E-state index contributed by atoms with van der Waals surface area (Å²) >= 11 is 0. The number of amides is 2. The van der Waals surface area contributed by atoms with Crippen molar-refractivity contribution in [2.45, 2.75) is 51.5 Å². The molecule has 7 nitrogen and oxygen atoms in total. The molecule has 0 aliphatic rings. The quantitative estimate of drug-likeness (QED) is 0.423. The van der Waals surface area contributed by atoms with Gasteiger partial charge in [-0.25, -0.2) is 0 Å². The number of hydrogen-bond acceptors (Lipinski definition) is 4. The fraction of sp³-hybridized carbons (Fsp3) is 0.769. The minimum Gasteiger partial charge on any atom is -0.481 e. The minimum absolute atomic E-state index is 0.139. The summed E-state index contributed by atoms with van der Waals surface area (Å²) in [5, 5.41) is 11.3. The number of carboxylic acids is 1. The second-order valence-electron chi connectivity index (χ2n) is 4.94. The van der Waals surface area contributed by atoms with Gasteiger partial charge in [0, 0.05) is 13.0 Å². The number of rotatable bonds is 11. The molecule has 2 atom stereocenters. The zero-order chi connectivity index (χ0) is 15.5. The Morgan fingerprint density at radius 2 is 1.85 bits per heavy atom. The molecule has 0 aromatic rings. The molecule has 0 radical (unpaired) electrons. The van der Waals surface area contributed by atoms with E-state index in [1.54, 1.807) is 0 Å². The van der Waals surface area contributed by atoms with Crippen LogP contribution in [0, 0.1) is 5.92 Å². The Bertz CT molecular complexity index is 334. The van der Waals surface area contributed by atoms with Gasteiger partial charge in [-0.3, -0.25) is 14.4 Å². The van der Waals surface area contributed by atoms with Crippen molar-refractivity contribution in [1.82, 2.24) is 5.32 Å². The van der Waals surface area contributed by atoms with E-state index in [0.717, 1.165) is 12.8 Å². The molecule has 0 spiro atoms. The smallest absolute Gasteiger partial charge is 0.303 e. The van der Waals surface area contributed by atoms with Gasteiger partial charge in [0.1, 0.15) is 0 Å². The van der Waals surface area contributed by atoms with Gasteiger partial charge in [-0.15, -0.1) is 0 Å². The van der Waals surface area contributed by atoms with Crippen LogP contribution in [0.5, 0.6) is 0 Å². The number of nitrogens with two attached hydrogens (primary N) is 2. The molecule has 0 aliphatic heterocycles. The molecular weight excluding hydrogens is 262 g/mol. The van der Waals surface area contributed by atoms with Crippen LogP contribution in [0.15, 0.2) is 0 Å². The Morgan fingerprint density at radius 3 is 2.35 bits per heavy atom. The van der Waals surface area contributed by atoms with Crippen LogP contribution in [0.3, 0.4) is 0 Å². The first kappa shape index (κ1) is 18.4. The van der Waals surface area contributed by atoms with Crippen molar-refractivity contribution in [3.05, 3.63) is 0 Å². The van der Waals surface area contributed by atoms with Gasteiger partial charge in [0.05, 0.1) is 12.5 Å². The maximum absolute atomic E-state index is 11.5. The second-order valence-corrected chi connectivity index (χ2v) is 4.94. The van der Waals surface area contributed by atoms with Crippen LogP contribution in [0.1, 0.15) is 45.4 Å². The molecular formula is C13H25N3O4. The van der Waals surface area contributed by atoms with Crippen molar-refractivity contribution < 1.29 is 19.5 Å². The largest absolute Gasteiger partial charge is 0.481 e. The molecule has 2 amide bonds. The Hall–Kier alpha value is -1.63. The van der Waals surface area contributed by atoms with Gasteiger partial charge in [-0.2, -0.15) is 0 Å². The number of nitrogens with one attached hydrogen (secondary N) is 1. The van der Waals surface area contributed by atoms with Crippen LogP contribution < -0.4 is 16.8 Å². The van der Waals surface area contributed by atoms with E-state index in [9.17, 15) is 14.4 Å². The van der Waals surface area contributed by atoms with Crippen LogP contribution >= 0.6 is 0 Å². The third-order valence-corrected chi connectivity index (χ3v) is 3.07. The van der Waals surface area contributed by atoms with Gasteiger partial charge in [-0.1, -0.05) is 19.8 Å². The molecule has 0 rings (SSSR count). The van der Waals surface area contributed by atoms with Crippen molar-refractivity contribution in [3.8, 4) is 0 Å². The number of carbonyl (C=O) groups excluding carboxylic acids is 2. The summed E-state index contributed by atoms with van der Waals surface area (Å²) in [6.45, 7) is 2.46. The van der Waals surface area contributed by atoms with Crippen molar-refractivity contribution in [1.29, 1.82) is 0 Å². The van der Waals surface area contributed by atoms with Crippen molar-refractivity contribution in [2.24, 2.45) is 17.4 Å². The van der Waals surface area contributed by atoms with Crippen LogP contribution in [0.2, 0.25) is 0 Å². The predicted octanol–water partition coefficient (Wildman–Crippen LogP) is -0.0235. The number of carboxylic acid groups (broad SMARTS) is 1. The lowest BCUT2D eigenvalue weighted by molar-refractivity contribution is -0.137. The first-order valence-electron chi connectivity index (χ1n) is 6.90. The topological polar surface area (TPSA) is 136 Å². The van der Waals surface area contributed by atoms with E-state index in [0.29, 0.717) is 19.4 Å². The highest BCUT2D eigenvalue weighted by molar-refractivity contribution is 5.87. The summed E-state index contributed by atoms with van der Waals surface area (Å²) in [6.07, 6.45) is 3.17. The minimum atomic E-state index is -0.920. The third kappa shape index (κ3) is 9.32. The fourth-order valence-electron chi connectivity index (χ4n) is 2.01. The van der Waals surface area contributed by atoms with Gasteiger partial charge >= 0.3 is 5.97 Å². The maximum Gasteiger partial charge on any atom is 0.303 e. The summed E-state index contributed by atoms with van der Waals surface area (Å²) in [5.74, 6) is -1.56. The molecule has 0 aromatic carbocycles. The molecule has 20 heavy (non-hydrogen) atoms. The van der Waals surface area contributed by atoms with E-state index in [2.05, 4.69) is 5.32 Å². The van der Waals surface area contributed by atoms with E-state index in [1.165, 1.54) is 0 Å². The number of hydrogen-bond donors (Lipinski definition) is 4. The Morgan fingerprint density at radius 1 is 1.20 bits per heavy atom. The van der Waals surface area contributed by atoms with E-state index in [-0.39, 0.29) is 18.8 Å². The lowest BCUT2D eigenvalue weighted by Gasteiger charge is -2.16. The molecule has 0 saturated heterocycles. The molecule has 2 unspecified atom stereocenters. The summed E-state index contributed by atoms with van der Waals surface area (Å²) < 4.78 is 0. The monoisotopic (exact) mass is 287 g/mol. The van der Waals surface area contributed by atoms with E-state index >= 15 is 0 Å². The summed E-state index contributed by atoms with van der Waals surface area (Å²) in [7, 11) is 0. The average Bonchev–Trinajstić information content (AvgIpc) is 2.34. The molecule has 0 aromatic heterocycles. The zero-order valence-corrected chi connectivity index (χ0v) is 11.9. The lowest BCUT2D eigenvalue weighted by atomic mass is 9.94. The highest BCUT2D eigenvalue weighted by Gasteiger charge is 2.16. The fourth-order valence-corrected chi connectivity index (χ4v) is 2.01. The first-order valence-corrected chi connectivity index (χ1v) is 6.90. The van der Waals surface area contributed by atoms with Crippen LogP contribution in [-0.2, 0) is 14.4 Å². The van der Waals surface area contributed by atoms with E-state index in [4.69, 9.17) is 16.6 Å². The number of primary amides is 1. The second kappa shape index (κ2) is 10.2. The molecule has 116 valence electrons. The predicted molar refractivity (Wildman–Crippen MR) is 74.7 cm³/mol. The normalized spacial score (nSPS) is 13.5. The SMILES string of the molecule is CCCC(CCNC(=O)C(N)CC(N)=O)CCC(=O)O. The molecule has 6 N–H and O–H groups in total. The Kier molecular flexibility index (Phi) is 9.36. The van der Waals surface area contributed by atoms with Crippen LogP contribution in [0.4, 0.5) is 0 Å². The molecule has 0 fully saturated rings.